The molecule has 0 spiro atoms. The first-order chi connectivity index (χ1) is 8.57. The van der Waals surface area contributed by atoms with Crippen molar-refractivity contribution < 1.29 is 5.11 Å². The van der Waals surface area contributed by atoms with Crippen LogP contribution in [0.3, 0.4) is 0 Å². The van der Waals surface area contributed by atoms with E-state index < -0.39 is 0 Å². The van der Waals surface area contributed by atoms with Gasteiger partial charge in [0.2, 0.25) is 0 Å². The average Bonchev–Trinajstić information content (AvgIpc) is 2.26. The molecule has 0 bridgehead atoms. The highest BCUT2D eigenvalue weighted by Gasteiger charge is 2.40. The lowest BCUT2D eigenvalue weighted by Crippen LogP contribution is -2.50. The highest BCUT2D eigenvalue weighted by atomic mass is 16.3. The van der Waals surface area contributed by atoms with Gasteiger partial charge >= 0.3 is 0 Å². The third kappa shape index (κ3) is 4.75. The van der Waals surface area contributed by atoms with Gasteiger partial charge in [-0.25, -0.2) is 0 Å². The molecular weight excluding hydrogens is 234 g/mol. The van der Waals surface area contributed by atoms with Crippen LogP contribution in [0.15, 0.2) is 0 Å². The molecular formula is C17H35NO. The molecule has 1 N–H and O–H groups in total. The van der Waals surface area contributed by atoms with Gasteiger partial charge in [0.05, 0.1) is 6.10 Å². The molecule has 1 fully saturated rings. The van der Waals surface area contributed by atoms with Crippen LogP contribution in [0.2, 0.25) is 0 Å². The predicted octanol–water partition coefficient (Wildman–Crippen LogP) is 3.93. The molecule has 1 aliphatic carbocycles. The van der Waals surface area contributed by atoms with E-state index in [9.17, 15) is 5.11 Å². The molecule has 0 amide bonds. The normalized spacial score (nSPS) is 29.8. The lowest BCUT2D eigenvalue weighted by Gasteiger charge is -2.48. The molecule has 2 nitrogen and oxygen atoms in total. The van der Waals surface area contributed by atoms with Gasteiger partial charge in [0.1, 0.15) is 0 Å². The standard InChI is InChI=1S/C17H35NO/c1-8-17(5,6)14-10-9-13(19)11-15(14)18(7)12-16(2,3)4/h13-15,19H,8-12H2,1-7H3. The third-order valence-corrected chi connectivity index (χ3v) is 4.99. The number of nitrogens with zero attached hydrogens (tertiary/aromatic N) is 1. The topological polar surface area (TPSA) is 23.5 Å². The zero-order chi connectivity index (χ0) is 14.8. The maximum absolute atomic E-state index is 10.1. The summed E-state index contributed by atoms with van der Waals surface area (Å²) in [5.41, 5.74) is 0.689. The van der Waals surface area contributed by atoms with Crippen LogP contribution in [0.25, 0.3) is 0 Å². The molecule has 2 heteroatoms. The Balaban J connectivity index is 2.84. The van der Waals surface area contributed by atoms with Crippen molar-refractivity contribution in [3.05, 3.63) is 0 Å². The summed E-state index contributed by atoms with van der Waals surface area (Å²) >= 11 is 0. The summed E-state index contributed by atoms with van der Waals surface area (Å²) in [7, 11) is 2.24. The van der Waals surface area contributed by atoms with Crippen molar-refractivity contribution in [3.63, 3.8) is 0 Å². The third-order valence-electron chi connectivity index (χ3n) is 4.99. The lowest BCUT2D eigenvalue weighted by atomic mass is 9.66. The zero-order valence-corrected chi connectivity index (χ0v) is 14.2. The maximum atomic E-state index is 10.1. The second-order valence-corrected chi connectivity index (χ2v) is 8.46. The van der Waals surface area contributed by atoms with E-state index in [0.29, 0.717) is 22.8 Å². The summed E-state index contributed by atoms with van der Waals surface area (Å²) in [6.07, 6.45) is 4.21. The number of rotatable bonds is 4. The molecule has 0 radical (unpaired) electrons. The van der Waals surface area contributed by atoms with Gasteiger partial charge in [-0.2, -0.15) is 0 Å². The number of aliphatic hydroxyl groups is 1. The number of hydrogen-bond acceptors (Lipinski definition) is 2. The minimum atomic E-state index is -0.101. The minimum absolute atomic E-state index is 0.101. The summed E-state index contributed by atoms with van der Waals surface area (Å²) in [6.45, 7) is 15.1. The van der Waals surface area contributed by atoms with Crippen LogP contribution >= 0.6 is 0 Å². The van der Waals surface area contributed by atoms with Gasteiger partial charge in [0, 0.05) is 12.6 Å². The van der Waals surface area contributed by atoms with Gasteiger partial charge < -0.3 is 10.0 Å². The fourth-order valence-corrected chi connectivity index (χ4v) is 3.65. The molecule has 1 aliphatic rings. The summed E-state index contributed by atoms with van der Waals surface area (Å²) in [6, 6.07) is 0.526. The monoisotopic (exact) mass is 269 g/mol. The fourth-order valence-electron chi connectivity index (χ4n) is 3.65. The van der Waals surface area contributed by atoms with E-state index in [1.54, 1.807) is 0 Å². The van der Waals surface area contributed by atoms with Crippen molar-refractivity contribution in [3.8, 4) is 0 Å². The summed E-state index contributed by atoms with van der Waals surface area (Å²) < 4.78 is 0. The minimum Gasteiger partial charge on any atom is -0.393 e. The van der Waals surface area contributed by atoms with E-state index in [2.05, 4.69) is 53.5 Å². The number of hydrogen-bond donors (Lipinski definition) is 1. The van der Waals surface area contributed by atoms with E-state index in [1.807, 2.05) is 0 Å². The van der Waals surface area contributed by atoms with Crippen LogP contribution in [0.4, 0.5) is 0 Å². The van der Waals surface area contributed by atoms with E-state index >= 15 is 0 Å². The molecule has 0 saturated heterocycles. The fraction of sp³-hybridized carbons (Fsp3) is 1.00. The molecule has 19 heavy (non-hydrogen) atoms. The van der Waals surface area contributed by atoms with Gasteiger partial charge in [-0.1, -0.05) is 48.0 Å². The van der Waals surface area contributed by atoms with Gasteiger partial charge in [0.25, 0.3) is 0 Å². The predicted molar refractivity (Wildman–Crippen MR) is 83.3 cm³/mol. The highest BCUT2D eigenvalue weighted by Crippen LogP contribution is 2.42. The van der Waals surface area contributed by atoms with Crippen LogP contribution in [0.5, 0.6) is 0 Å². The first-order valence-electron chi connectivity index (χ1n) is 7.95. The van der Waals surface area contributed by atoms with E-state index in [-0.39, 0.29) is 6.10 Å². The Labute approximate surface area is 120 Å². The van der Waals surface area contributed by atoms with Crippen LogP contribution in [-0.4, -0.2) is 35.7 Å². The molecule has 3 unspecified atom stereocenters. The Morgan fingerprint density at radius 2 is 1.68 bits per heavy atom. The Bertz CT molecular complexity index is 279. The van der Waals surface area contributed by atoms with Crippen molar-refractivity contribution in [2.75, 3.05) is 13.6 Å². The quantitative estimate of drug-likeness (QED) is 0.836. The van der Waals surface area contributed by atoms with Gasteiger partial charge in [-0.15, -0.1) is 0 Å². The van der Waals surface area contributed by atoms with Crippen molar-refractivity contribution in [2.45, 2.75) is 79.4 Å². The van der Waals surface area contributed by atoms with Gasteiger partial charge in [-0.3, -0.25) is 0 Å². The maximum Gasteiger partial charge on any atom is 0.0555 e. The lowest BCUT2D eigenvalue weighted by molar-refractivity contribution is -0.0179. The Morgan fingerprint density at radius 1 is 1.11 bits per heavy atom. The Morgan fingerprint density at radius 3 is 2.16 bits per heavy atom. The molecule has 0 heterocycles. The SMILES string of the molecule is CCC(C)(C)C1CCC(O)CC1N(C)CC(C)(C)C. The molecule has 3 atom stereocenters. The smallest absolute Gasteiger partial charge is 0.0555 e. The molecule has 1 rings (SSSR count). The Hall–Kier alpha value is -0.0800. The highest BCUT2D eigenvalue weighted by molar-refractivity contribution is 4.93. The molecule has 0 aromatic heterocycles. The van der Waals surface area contributed by atoms with Gasteiger partial charge in [-0.05, 0) is 43.1 Å². The van der Waals surface area contributed by atoms with Crippen LogP contribution < -0.4 is 0 Å². The van der Waals surface area contributed by atoms with Crippen molar-refractivity contribution in [2.24, 2.45) is 16.7 Å². The largest absolute Gasteiger partial charge is 0.393 e. The first-order valence-corrected chi connectivity index (χ1v) is 7.95. The first kappa shape index (κ1) is 17.0. The van der Waals surface area contributed by atoms with Crippen molar-refractivity contribution in [1.29, 1.82) is 0 Å². The van der Waals surface area contributed by atoms with E-state index in [0.717, 1.165) is 19.4 Å². The summed E-state index contributed by atoms with van der Waals surface area (Å²) in [5, 5.41) is 10.1. The van der Waals surface area contributed by atoms with Crippen molar-refractivity contribution >= 4 is 0 Å². The van der Waals surface area contributed by atoms with E-state index in [4.69, 9.17) is 0 Å². The van der Waals surface area contributed by atoms with Crippen LogP contribution in [0, 0.1) is 16.7 Å². The molecule has 0 aliphatic heterocycles. The second-order valence-electron chi connectivity index (χ2n) is 8.46. The molecule has 114 valence electrons. The zero-order valence-electron chi connectivity index (χ0n) is 14.2. The molecule has 0 aromatic rings. The van der Waals surface area contributed by atoms with Crippen LogP contribution in [0.1, 0.15) is 67.2 Å². The van der Waals surface area contributed by atoms with Crippen LogP contribution in [-0.2, 0) is 0 Å². The van der Waals surface area contributed by atoms with E-state index in [1.165, 1.54) is 12.8 Å². The van der Waals surface area contributed by atoms with Gasteiger partial charge in [0.15, 0.2) is 0 Å². The summed E-state index contributed by atoms with van der Waals surface area (Å²) in [5.74, 6) is 0.702. The molecule has 0 aromatic carbocycles. The number of aliphatic hydroxyl groups excluding tert-OH is 1. The average molecular weight is 269 g/mol. The second kappa shape index (κ2) is 6.13. The molecule has 1 saturated carbocycles. The summed E-state index contributed by atoms with van der Waals surface area (Å²) in [4.78, 5) is 2.50. The Kier molecular flexibility index (Phi) is 5.48. The van der Waals surface area contributed by atoms with Crippen molar-refractivity contribution in [1.82, 2.24) is 4.90 Å².